The second-order valence-corrected chi connectivity index (χ2v) is 5.15. The van der Waals surface area contributed by atoms with E-state index < -0.39 is 16.6 Å². The molecule has 2 aromatic rings. The van der Waals surface area contributed by atoms with Crippen molar-refractivity contribution in [3.8, 4) is 0 Å². The molecule has 6 nitrogen and oxygen atoms in total. The molecule has 2 N–H and O–H groups in total. The van der Waals surface area contributed by atoms with Crippen molar-refractivity contribution in [3.05, 3.63) is 69.0 Å². The summed E-state index contributed by atoms with van der Waals surface area (Å²) >= 11 is 10.7. The third-order valence-electron chi connectivity index (χ3n) is 2.73. The first-order valence-corrected chi connectivity index (χ1v) is 6.97. The molecule has 0 aliphatic heterocycles. The lowest BCUT2D eigenvalue weighted by Crippen LogP contribution is -2.34. The fourth-order valence-corrected chi connectivity index (χ4v) is 2.07. The third kappa shape index (κ3) is 4.44. The molecule has 23 heavy (non-hydrogen) atoms. The van der Waals surface area contributed by atoms with Gasteiger partial charge in [0.1, 0.15) is 10.8 Å². The zero-order valence-electron chi connectivity index (χ0n) is 11.4. The van der Waals surface area contributed by atoms with E-state index in [4.69, 9.17) is 23.8 Å². The molecular weight excluding hydrogens is 345 g/mol. The molecule has 0 radical (unpaired) electrons. The summed E-state index contributed by atoms with van der Waals surface area (Å²) in [6, 6.07) is 8.92. The molecule has 9 heteroatoms. The van der Waals surface area contributed by atoms with Gasteiger partial charge < -0.3 is 5.32 Å². The molecule has 0 saturated carbocycles. The van der Waals surface area contributed by atoms with Crippen LogP contribution in [0.3, 0.4) is 0 Å². The van der Waals surface area contributed by atoms with Crippen LogP contribution in [-0.4, -0.2) is 15.9 Å². The Morgan fingerprint density at radius 1 is 1.22 bits per heavy atom. The number of nitrogens with one attached hydrogen (secondary N) is 2. The molecule has 2 rings (SSSR count). The number of halogens is 2. The number of carbonyl (C=O) groups is 1. The average molecular weight is 354 g/mol. The van der Waals surface area contributed by atoms with Gasteiger partial charge in [-0.15, -0.1) is 0 Å². The van der Waals surface area contributed by atoms with Gasteiger partial charge in [0.2, 0.25) is 0 Å². The highest BCUT2D eigenvalue weighted by Crippen LogP contribution is 2.27. The van der Waals surface area contributed by atoms with Crippen molar-refractivity contribution < 1.29 is 14.1 Å². The van der Waals surface area contributed by atoms with E-state index in [-0.39, 0.29) is 21.4 Å². The van der Waals surface area contributed by atoms with E-state index >= 15 is 0 Å². The second kappa shape index (κ2) is 7.12. The van der Waals surface area contributed by atoms with Gasteiger partial charge in [-0.2, -0.15) is 0 Å². The molecule has 0 heterocycles. The van der Waals surface area contributed by atoms with Gasteiger partial charge in [-0.25, -0.2) is 4.39 Å². The van der Waals surface area contributed by atoms with Crippen LogP contribution in [0, 0.1) is 15.9 Å². The number of rotatable bonds is 3. The largest absolute Gasteiger partial charge is 0.332 e. The minimum absolute atomic E-state index is 0.0122. The molecule has 0 aliphatic carbocycles. The number of nitrogens with zero attached hydrogens (tertiary/aromatic N) is 1. The van der Waals surface area contributed by atoms with E-state index in [1.54, 1.807) is 0 Å². The lowest BCUT2D eigenvalue weighted by atomic mass is 10.2. The van der Waals surface area contributed by atoms with Gasteiger partial charge in [-0.1, -0.05) is 11.6 Å². The Labute approximate surface area is 140 Å². The quantitative estimate of drug-likeness (QED) is 0.501. The molecule has 0 aliphatic rings. The molecular formula is C14H9ClFN3O3S. The van der Waals surface area contributed by atoms with E-state index in [0.29, 0.717) is 5.69 Å². The van der Waals surface area contributed by atoms with Crippen molar-refractivity contribution in [1.29, 1.82) is 0 Å². The monoisotopic (exact) mass is 353 g/mol. The van der Waals surface area contributed by atoms with Crippen LogP contribution in [0.4, 0.5) is 15.8 Å². The number of benzene rings is 2. The Kier molecular flexibility index (Phi) is 5.20. The smallest absolute Gasteiger partial charge is 0.289 e. The number of nitro benzene ring substituents is 1. The maximum Gasteiger partial charge on any atom is 0.289 e. The molecule has 1 amide bonds. The number of hydrogen-bond donors (Lipinski definition) is 2. The van der Waals surface area contributed by atoms with Crippen LogP contribution >= 0.6 is 23.8 Å². The Morgan fingerprint density at radius 2 is 1.87 bits per heavy atom. The minimum atomic E-state index is -0.631. The highest BCUT2D eigenvalue weighted by atomic mass is 35.5. The Hall–Kier alpha value is -2.58. The maximum atomic E-state index is 12.8. The number of carbonyl (C=O) groups excluding carboxylic acids is 1. The first kappa shape index (κ1) is 16.8. The van der Waals surface area contributed by atoms with Crippen molar-refractivity contribution in [2.75, 3.05) is 5.32 Å². The van der Waals surface area contributed by atoms with Crippen molar-refractivity contribution in [1.82, 2.24) is 5.32 Å². The fourth-order valence-electron chi connectivity index (χ4n) is 1.67. The average Bonchev–Trinajstić information content (AvgIpc) is 2.49. The Morgan fingerprint density at radius 3 is 2.48 bits per heavy atom. The first-order valence-electron chi connectivity index (χ1n) is 6.18. The summed E-state index contributed by atoms with van der Waals surface area (Å²) in [4.78, 5) is 22.1. The molecule has 0 bridgehead atoms. The molecule has 118 valence electrons. The topological polar surface area (TPSA) is 84.3 Å². The van der Waals surface area contributed by atoms with E-state index in [1.807, 2.05) is 0 Å². The fraction of sp³-hybridized carbons (Fsp3) is 0. The van der Waals surface area contributed by atoms with Crippen LogP contribution in [0.1, 0.15) is 10.4 Å². The Bertz CT molecular complexity index is 783. The molecule has 0 fully saturated rings. The number of thiocarbonyl (C=S) groups is 1. The zero-order valence-corrected chi connectivity index (χ0v) is 13.0. The van der Waals surface area contributed by atoms with Crippen LogP contribution < -0.4 is 10.6 Å². The van der Waals surface area contributed by atoms with Crippen LogP contribution in [0.2, 0.25) is 5.02 Å². The predicted molar refractivity (Wildman–Crippen MR) is 88.2 cm³/mol. The van der Waals surface area contributed by atoms with Crippen LogP contribution in [0.15, 0.2) is 42.5 Å². The summed E-state index contributed by atoms with van der Waals surface area (Å²) < 4.78 is 12.8. The van der Waals surface area contributed by atoms with Gasteiger partial charge in [0.15, 0.2) is 5.11 Å². The lowest BCUT2D eigenvalue weighted by molar-refractivity contribution is -0.384. The molecule has 0 unspecified atom stereocenters. The Balaban J connectivity index is 2.05. The zero-order chi connectivity index (χ0) is 17.0. The highest BCUT2D eigenvalue weighted by Gasteiger charge is 2.14. The molecule has 0 saturated heterocycles. The van der Waals surface area contributed by atoms with E-state index in [9.17, 15) is 19.3 Å². The second-order valence-electron chi connectivity index (χ2n) is 4.34. The summed E-state index contributed by atoms with van der Waals surface area (Å²) in [6.45, 7) is 0. The number of anilines is 1. The van der Waals surface area contributed by atoms with Gasteiger partial charge in [0, 0.05) is 17.3 Å². The summed E-state index contributed by atoms with van der Waals surface area (Å²) in [5.41, 5.74) is 0.229. The lowest BCUT2D eigenvalue weighted by Gasteiger charge is -2.09. The predicted octanol–water partition coefficient (Wildman–Crippen LogP) is 3.51. The van der Waals surface area contributed by atoms with Gasteiger partial charge in [0.25, 0.3) is 11.6 Å². The van der Waals surface area contributed by atoms with E-state index in [2.05, 4.69) is 10.6 Å². The summed E-state index contributed by atoms with van der Waals surface area (Å²) in [7, 11) is 0. The van der Waals surface area contributed by atoms with Crippen molar-refractivity contribution in [2.45, 2.75) is 0 Å². The summed E-state index contributed by atoms with van der Waals surface area (Å²) in [5.74, 6) is -0.998. The van der Waals surface area contributed by atoms with Crippen molar-refractivity contribution in [2.24, 2.45) is 0 Å². The van der Waals surface area contributed by atoms with E-state index in [1.165, 1.54) is 30.3 Å². The first-order chi connectivity index (χ1) is 10.9. The normalized spacial score (nSPS) is 10.0. The third-order valence-corrected chi connectivity index (χ3v) is 3.26. The number of amides is 1. The summed E-state index contributed by atoms with van der Waals surface area (Å²) in [5, 5.41) is 15.8. The minimum Gasteiger partial charge on any atom is -0.332 e. The molecule has 2 aromatic carbocycles. The number of hydrogen-bond acceptors (Lipinski definition) is 4. The molecule has 0 aromatic heterocycles. The summed E-state index contributed by atoms with van der Waals surface area (Å²) in [6.07, 6.45) is 0. The van der Waals surface area contributed by atoms with Gasteiger partial charge >= 0.3 is 0 Å². The van der Waals surface area contributed by atoms with Gasteiger partial charge in [-0.3, -0.25) is 20.2 Å². The standard InChI is InChI=1S/C14H9ClFN3O3S/c15-11-6-5-10(7-12(11)19(21)22)17-14(23)18-13(20)8-1-3-9(16)4-2-8/h1-7H,(H2,17,18,20,23). The van der Waals surface area contributed by atoms with E-state index in [0.717, 1.165) is 12.1 Å². The molecule has 0 atom stereocenters. The van der Waals surface area contributed by atoms with Crippen molar-refractivity contribution in [3.63, 3.8) is 0 Å². The molecule has 0 spiro atoms. The van der Waals surface area contributed by atoms with Crippen LogP contribution in [0.25, 0.3) is 0 Å². The van der Waals surface area contributed by atoms with Crippen LogP contribution in [-0.2, 0) is 0 Å². The highest BCUT2D eigenvalue weighted by molar-refractivity contribution is 7.80. The SMILES string of the molecule is O=C(NC(=S)Nc1ccc(Cl)c([N+](=O)[O-])c1)c1ccc(F)cc1. The number of nitro groups is 1. The maximum absolute atomic E-state index is 12.8. The van der Waals surface area contributed by atoms with Gasteiger partial charge in [0.05, 0.1) is 4.92 Å². The van der Waals surface area contributed by atoms with Crippen LogP contribution in [0.5, 0.6) is 0 Å². The van der Waals surface area contributed by atoms with Crippen molar-refractivity contribution >= 4 is 46.2 Å². The van der Waals surface area contributed by atoms with Gasteiger partial charge in [-0.05, 0) is 48.6 Å².